The zero-order chi connectivity index (χ0) is 28.2. The van der Waals surface area contributed by atoms with Gasteiger partial charge in [-0.25, -0.2) is 9.79 Å². The number of carbonyl (C=O) groups is 3. The van der Waals surface area contributed by atoms with Gasteiger partial charge in [0.25, 0.3) is 5.91 Å². The molecule has 1 aliphatic carbocycles. The number of aliphatic imine (C=N–C) groups is 1. The summed E-state index contributed by atoms with van der Waals surface area (Å²) < 4.78 is 6.99. The SMILES string of the molecule is CCOC(=O)c1c(NC(=O)CSC2=N/C(=C/c3cnn(C)c3)C(=O)N2c2ccccc2)sc2c1CC[C@@H](CC)C2. The van der Waals surface area contributed by atoms with E-state index in [4.69, 9.17) is 4.74 Å². The molecule has 0 radical (unpaired) electrons. The van der Waals surface area contributed by atoms with Crippen molar-refractivity contribution in [1.29, 1.82) is 0 Å². The van der Waals surface area contributed by atoms with Gasteiger partial charge in [-0.1, -0.05) is 43.3 Å². The fourth-order valence-corrected chi connectivity index (χ4v) is 7.05. The molecule has 1 aliphatic heterocycles. The van der Waals surface area contributed by atoms with Crippen molar-refractivity contribution in [2.45, 2.75) is 39.5 Å². The first-order valence-corrected chi connectivity index (χ1v) is 15.1. The number of ether oxygens (including phenoxy) is 1. The molecule has 9 nitrogen and oxygen atoms in total. The number of benzene rings is 1. The topological polar surface area (TPSA) is 106 Å². The van der Waals surface area contributed by atoms with Gasteiger partial charge in [0, 0.05) is 23.7 Å². The van der Waals surface area contributed by atoms with Crippen LogP contribution in [0.2, 0.25) is 0 Å². The van der Waals surface area contributed by atoms with Gasteiger partial charge in [0.15, 0.2) is 5.17 Å². The number of fused-ring (bicyclic) bond motifs is 1. The van der Waals surface area contributed by atoms with Crippen LogP contribution in [-0.2, 0) is 34.2 Å². The predicted octanol–water partition coefficient (Wildman–Crippen LogP) is 5.29. The number of nitrogens with one attached hydrogen (secondary N) is 1. The standard InChI is InChI=1S/C29H31N5O4S2/c1-4-18-11-12-21-23(14-18)40-26(25(21)28(37)38-5-2)32-24(35)17-39-29-31-22(13-19-15-30-33(3)16-19)27(36)34(29)20-9-7-6-8-10-20/h6-10,13,15-16,18H,4-5,11-12,14,17H2,1-3H3,(H,32,35)/b22-13+/t18-/m1/s1. The summed E-state index contributed by atoms with van der Waals surface area (Å²) in [5.74, 6) is -0.369. The van der Waals surface area contributed by atoms with Crippen molar-refractivity contribution < 1.29 is 19.1 Å². The lowest BCUT2D eigenvalue weighted by Crippen LogP contribution is -2.31. The summed E-state index contributed by atoms with van der Waals surface area (Å²) in [6.07, 6.45) is 8.96. The quantitative estimate of drug-likeness (QED) is 0.288. The second-order valence-electron chi connectivity index (χ2n) is 9.63. The third-order valence-corrected chi connectivity index (χ3v) is 8.99. The van der Waals surface area contributed by atoms with Crippen molar-refractivity contribution >= 4 is 62.8 Å². The molecule has 2 aromatic heterocycles. The molecule has 11 heteroatoms. The second kappa shape index (κ2) is 12.2. The van der Waals surface area contributed by atoms with Gasteiger partial charge in [0.05, 0.1) is 29.8 Å². The molecular formula is C29H31N5O4S2. The van der Waals surface area contributed by atoms with Crippen molar-refractivity contribution in [2.75, 3.05) is 22.6 Å². The van der Waals surface area contributed by atoms with Crippen LogP contribution in [0.4, 0.5) is 10.7 Å². The van der Waals surface area contributed by atoms with Crippen molar-refractivity contribution in [3.05, 3.63) is 70.0 Å². The number of amides is 2. The van der Waals surface area contributed by atoms with E-state index in [2.05, 4.69) is 22.3 Å². The Morgan fingerprint density at radius 1 is 1.25 bits per heavy atom. The van der Waals surface area contributed by atoms with Crippen LogP contribution < -0.4 is 10.2 Å². The maximum Gasteiger partial charge on any atom is 0.341 e. The molecule has 3 aromatic rings. The van der Waals surface area contributed by atoms with E-state index in [9.17, 15) is 14.4 Å². The fourth-order valence-electron chi connectivity index (χ4n) is 4.87. The van der Waals surface area contributed by atoms with Crippen LogP contribution in [0.3, 0.4) is 0 Å². The minimum Gasteiger partial charge on any atom is -0.462 e. The Morgan fingerprint density at radius 3 is 2.75 bits per heavy atom. The number of para-hydroxylation sites is 1. The molecule has 1 atom stereocenters. The molecule has 0 unspecified atom stereocenters. The molecule has 0 bridgehead atoms. The predicted molar refractivity (Wildman–Crippen MR) is 160 cm³/mol. The fraction of sp³-hybridized carbons (Fsp3) is 0.345. The Balaban J connectivity index is 1.36. The number of carbonyl (C=O) groups excluding carboxylic acids is 3. The van der Waals surface area contributed by atoms with Crippen molar-refractivity contribution in [1.82, 2.24) is 9.78 Å². The van der Waals surface area contributed by atoms with Crippen LogP contribution in [0, 0.1) is 5.92 Å². The van der Waals surface area contributed by atoms with E-state index >= 15 is 0 Å². The highest BCUT2D eigenvalue weighted by atomic mass is 32.2. The Hall–Kier alpha value is -3.70. The van der Waals surface area contributed by atoms with Crippen molar-refractivity contribution in [3.63, 3.8) is 0 Å². The molecule has 1 N–H and O–H groups in total. The Labute approximate surface area is 241 Å². The van der Waals surface area contributed by atoms with E-state index in [1.165, 1.54) is 28.0 Å². The summed E-state index contributed by atoms with van der Waals surface area (Å²) in [5.41, 5.74) is 3.17. The molecule has 0 spiro atoms. The Bertz CT molecular complexity index is 1490. The average Bonchev–Trinajstić information content (AvgIpc) is 3.62. The first-order chi connectivity index (χ1) is 19.4. The smallest absolute Gasteiger partial charge is 0.341 e. The molecule has 3 heterocycles. The lowest BCUT2D eigenvalue weighted by molar-refractivity contribution is -0.114. The number of thiophene rings is 1. The van der Waals surface area contributed by atoms with E-state index in [-0.39, 0.29) is 29.9 Å². The number of hydrogen-bond acceptors (Lipinski definition) is 8. The Morgan fingerprint density at radius 2 is 2.05 bits per heavy atom. The number of aromatic nitrogens is 2. The Kier molecular flexibility index (Phi) is 8.51. The van der Waals surface area contributed by atoms with Crippen molar-refractivity contribution in [2.24, 2.45) is 18.0 Å². The number of rotatable bonds is 8. The van der Waals surface area contributed by atoms with Gasteiger partial charge < -0.3 is 10.1 Å². The number of aryl methyl sites for hydroxylation is 1. The summed E-state index contributed by atoms with van der Waals surface area (Å²) in [4.78, 5) is 46.6. The van der Waals surface area contributed by atoms with Crippen LogP contribution in [0.25, 0.3) is 6.08 Å². The molecule has 2 amide bonds. The van der Waals surface area contributed by atoms with Gasteiger partial charge in [-0.05, 0) is 55.9 Å². The number of nitrogens with zero attached hydrogens (tertiary/aromatic N) is 4. The van der Waals surface area contributed by atoms with E-state index in [1.54, 1.807) is 37.1 Å². The van der Waals surface area contributed by atoms with Gasteiger partial charge in [-0.3, -0.25) is 19.2 Å². The maximum atomic E-state index is 13.4. The third kappa shape index (κ3) is 5.90. The molecule has 0 saturated heterocycles. The summed E-state index contributed by atoms with van der Waals surface area (Å²) >= 11 is 2.64. The van der Waals surface area contributed by atoms with E-state index in [0.717, 1.165) is 41.7 Å². The lowest BCUT2D eigenvalue weighted by Gasteiger charge is -2.20. The monoisotopic (exact) mass is 577 g/mol. The van der Waals surface area contributed by atoms with Crippen molar-refractivity contribution in [3.8, 4) is 0 Å². The zero-order valence-corrected chi connectivity index (χ0v) is 24.3. The lowest BCUT2D eigenvalue weighted by atomic mass is 9.85. The van der Waals surface area contributed by atoms with Crippen LogP contribution in [-0.4, -0.2) is 45.1 Å². The van der Waals surface area contributed by atoms with Gasteiger partial charge in [0.1, 0.15) is 10.7 Å². The number of amidine groups is 1. The number of thioether (sulfide) groups is 1. The van der Waals surface area contributed by atoms with Gasteiger partial charge in [0.2, 0.25) is 5.91 Å². The number of esters is 1. The first-order valence-electron chi connectivity index (χ1n) is 13.3. The van der Waals surface area contributed by atoms with Gasteiger partial charge in [-0.2, -0.15) is 5.10 Å². The number of anilines is 2. The molecule has 40 heavy (non-hydrogen) atoms. The molecule has 1 aromatic carbocycles. The molecule has 0 fully saturated rings. The largest absolute Gasteiger partial charge is 0.462 e. The highest BCUT2D eigenvalue weighted by Gasteiger charge is 2.33. The summed E-state index contributed by atoms with van der Waals surface area (Å²) in [7, 11) is 1.80. The van der Waals surface area contributed by atoms with Gasteiger partial charge >= 0.3 is 5.97 Å². The van der Waals surface area contributed by atoms with Crippen LogP contribution in [0.1, 0.15) is 53.1 Å². The normalized spacial score (nSPS) is 17.6. The summed E-state index contributed by atoms with van der Waals surface area (Å²) in [5, 5.41) is 8.05. The summed E-state index contributed by atoms with van der Waals surface area (Å²) in [6, 6.07) is 9.22. The highest BCUT2D eigenvalue weighted by molar-refractivity contribution is 8.14. The third-order valence-electron chi connectivity index (χ3n) is 6.88. The highest BCUT2D eigenvalue weighted by Crippen LogP contribution is 2.41. The minimum atomic E-state index is -0.399. The molecule has 208 valence electrons. The average molecular weight is 578 g/mol. The zero-order valence-electron chi connectivity index (χ0n) is 22.7. The molecule has 2 aliphatic rings. The van der Waals surface area contributed by atoms with Crippen LogP contribution in [0.5, 0.6) is 0 Å². The summed E-state index contributed by atoms with van der Waals surface area (Å²) in [6.45, 7) is 4.22. The molecular weight excluding hydrogens is 546 g/mol. The minimum absolute atomic E-state index is 0.0119. The number of hydrogen-bond donors (Lipinski definition) is 1. The second-order valence-corrected chi connectivity index (χ2v) is 11.7. The first kappa shape index (κ1) is 27.9. The van der Waals surface area contributed by atoms with Gasteiger partial charge in [-0.15, -0.1) is 11.3 Å². The van der Waals surface area contributed by atoms with Crippen LogP contribution >= 0.6 is 23.1 Å². The van der Waals surface area contributed by atoms with E-state index in [0.29, 0.717) is 27.3 Å². The van der Waals surface area contributed by atoms with E-state index in [1.807, 2.05) is 30.3 Å². The van der Waals surface area contributed by atoms with Crippen LogP contribution in [0.15, 0.2) is 53.4 Å². The molecule has 0 saturated carbocycles. The molecule has 5 rings (SSSR count). The van der Waals surface area contributed by atoms with E-state index < -0.39 is 5.97 Å². The maximum absolute atomic E-state index is 13.4.